The minimum Gasteiger partial charge on any atom is -0.504 e. The number of nitrogens with zero attached hydrogens (tertiary/aromatic N) is 1. The fraction of sp³-hybridized carbons (Fsp3) is 0.333. The molecule has 1 saturated heterocycles. The second-order valence-electron chi connectivity index (χ2n) is 6.08. The van der Waals surface area contributed by atoms with E-state index < -0.39 is 0 Å². The highest BCUT2D eigenvalue weighted by atomic mass is 16.3. The van der Waals surface area contributed by atoms with Crippen molar-refractivity contribution in [3.63, 3.8) is 0 Å². The predicted molar refractivity (Wildman–Crippen MR) is 81.6 cm³/mol. The molecule has 0 spiro atoms. The summed E-state index contributed by atoms with van der Waals surface area (Å²) in [5, 5.41) is 19.3. The molecular weight excluding hydrogens is 262 g/mol. The van der Waals surface area contributed by atoms with Crippen LogP contribution in [0.25, 0.3) is 0 Å². The summed E-state index contributed by atoms with van der Waals surface area (Å²) in [7, 11) is 0. The van der Waals surface area contributed by atoms with Gasteiger partial charge in [0.15, 0.2) is 11.5 Å². The highest BCUT2D eigenvalue weighted by Crippen LogP contribution is 2.44. The van der Waals surface area contributed by atoms with Crippen molar-refractivity contribution in [1.29, 1.82) is 0 Å². The molecular formula is C18H19NO2. The highest BCUT2D eigenvalue weighted by molar-refractivity contribution is 5.47. The van der Waals surface area contributed by atoms with Crippen LogP contribution >= 0.6 is 0 Å². The van der Waals surface area contributed by atoms with Gasteiger partial charge in [0, 0.05) is 18.5 Å². The number of aromatic hydroxyl groups is 2. The first kappa shape index (κ1) is 12.7. The van der Waals surface area contributed by atoms with Gasteiger partial charge in [0.05, 0.1) is 0 Å². The largest absolute Gasteiger partial charge is 0.504 e. The van der Waals surface area contributed by atoms with Gasteiger partial charge in [-0.1, -0.05) is 30.3 Å². The minimum absolute atomic E-state index is 0.0338. The van der Waals surface area contributed by atoms with Crippen molar-refractivity contribution in [2.24, 2.45) is 0 Å². The second kappa shape index (κ2) is 4.78. The first-order valence-corrected chi connectivity index (χ1v) is 7.59. The van der Waals surface area contributed by atoms with Gasteiger partial charge < -0.3 is 10.2 Å². The number of phenols is 2. The maximum absolute atomic E-state index is 9.80. The second-order valence-corrected chi connectivity index (χ2v) is 6.08. The van der Waals surface area contributed by atoms with E-state index in [4.69, 9.17) is 0 Å². The predicted octanol–water partition coefficient (Wildman–Crippen LogP) is 3.38. The Morgan fingerprint density at radius 2 is 1.76 bits per heavy atom. The summed E-state index contributed by atoms with van der Waals surface area (Å²) < 4.78 is 0. The first-order chi connectivity index (χ1) is 10.2. The van der Waals surface area contributed by atoms with Gasteiger partial charge in [0.1, 0.15) is 0 Å². The molecule has 108 valence electrons. The Morgan fingerprint density at radius 3 is 2.57 bits per heavy atom. The van der Waals surface area contributed by atoms with Crippen LogP contribution in [0.2, 0.25) is 0 Å². The van der Waals surface area contributed by atoms with E-state index >= 15 is 0 Å². The van der Waals surface area contributed by atoms with Gasteiger partial charge in [-0.25, -0.2) is 0 Å². The molecule has 2 N–H and O–H groups in total. The van der Waals surface area contributed by atoms with Gasteiger partial charge in [-0.2, -0.15) is 0 Å². The lowest BCUT2D eigenvalue weighted by molar-refractivity contribution is 0.230. The molecule has 21 heavy (non-hydrogen) atoms. The Bertz CT molecular complexity index is 683. The molecule has 3 nitrogen and oxygen atoms in total. The van der Waals surface area contributed by atoms with Crippen molar-refractivity contribution < 1.29 is 10.2 Å². The summed E-state index contributed by atoms with van der Waals surface area (Å²) in [5.74, 6) is 0.178. The van der Waals surface area contributed by atoms with Crippen LogP contribution < -0.4 is 0 Å². The molecule has 2 aliphatic heterocycles. The van der Waals surface area contributed by atoms with Crippen LogP contribution in [0.4, 0.5) is 0 Å². The van der Waals surface area contributed by atoms with Gasteiger partial charge in [0.2, 0.25) is 0 Å². The Hall–Kier alpha value is -2.00. The van der Waals surface area contributed by atoms with Crippen LogP contribution in [0.5, 0.6) is 11.5 Å². The molecule has 2 aromatic rings. The average Bonchev–Trinajstić information content (AvgIpc) is 2.98. The first-order valence-electron chi connectivity index (χ1n) is 7.59. The van der Waals surface area contributed by atoms with E-state index in [0.29, 0.717) is 6.04 Å². The van der Waals surface area contributed by atoms with Gasteiger partial charge in [-0.15, -0.1) is 0 Å². The molecule has 0 aromatic heterocycles. The Labute approximate surface area is 124 Å². The Balaban J connectivity index is 1.82. The zero-order valence-electron chi connectivity index (χ0n) is 11.9. The summed E-state index contributed by atoms with van der Waals surface area (Å²) in [5.41, 5.74) is 3.87. The lowest BCUT2D eigenvalue weighted by atomic mass is 9.81. The van der Waals surface area contributed by atoms with Gasteiger partial charge in [-0.3, -0.25) is 4.90 Å². The number of benzene rings is 2. The van der Waals surface area contributed by atoms with E-state index in [0.717, 1.165) is 18.7 Å². The number of phenolic OH excluding ortho intramolecular Hbond substituents is 2. The van der Waals surface area contributed by atoms with Crippen molar-refractivity contribution in [2.75, 3.05) is 13.1 Å². The Kier molecular flexibility index (Phi) is 2.89. The van der Waals surface area contributed by atoms with Crippen LogP contribution in [0.3, 0.4) is 0 Å². The number of fused-ring (bicyclic) bond motifs is 3. The molecule has 1 unspecified atom stereocenters. The third-order valence-corrected chi connectivity index (χ3v) is 4.91. The molecule has 2 atom stereocenters. The van der Waals surface area contributed by atoms with Crippen LogP contribution in [0, 0.1) is 0 Å². The van der Waals surface area contributed by atoms with Crippen molar-refractivity contribution in [3.05, 3.63) is 59.2 Å². The van der Waals surface area contributed by atoms with Crippen molar-refractivity contribution in [3.8, 4) is 11.5 Å². The maximum Gasteiger partial charge on any atom is 0.157 e. The molecule has 1 fully saturated rings. The summed E-state index contributed by atoms with van der Waals surface area (Å²) in [6, 6.07) is 14.4. The van der Waals surface area contributed by atoms with Gasteiger partial charge in [-0.05, 0) is 48.2 Å². The summed E-state index contributed by atoms with van der Waals surface area (Å²) in [6.07, 6.45) is 2.50. The average molecular weight is 281 g/mol. The molecule has 4 rings (SSSR count). The number of hydrogen-bond acceptors (Lipinski definition) is 3. The standard InChI is InChI=1S/C18H19NO2/c20-17-8-7-12(10-18(17)21)15-11-19-9-3-6-16(19)14-5-2-1-4-13(14)15/h1-2,4-5,7-8,10,15-16,20-21H,3,6,9,11H2/t15?,16-/m0/s1. The number of rotatable bonds is 1. The molecule has 0 saturated carbocycles. The molecule has 0 radical (unpaired) electrons. The monoisotopic (exact) mass is 281 g/mol. The smallest absolute Gasteiger partial charge is 0.157 e. The van der Waals surface area contributed by atoms with Crippen LogP contribution in [-0.4, -0.2) is 28.2 Å². The normalized spacial score (nSPS) is 24.6. The van der Waals surface area contributed by atoms with Crippen LogP contribution in [-0.2, 0) is 0 Å². The fourth-order valence-corrected chi connectivity index (χ4v) is 3.90. The topological polar surface area (TPSA) is 43.7 Å². The van der Waals surface area contributed by atoms with Crippen molar-refractivity contribution >= 4 is 0 Å². The van der Waals surface area contributed by atoms with E-state index in [1.54, 1.807) is 12.1 Å². The molecule has 0 bridgehead atoms. The Morgan fingerprint density at radius 1 is 0.952 bits per heavy atom. The lowest BCUT2D eigenvalue weighted by Crippen LogP contribution is -2.34. The highest BCUT2D eigenvalue weighted by Gasteiger charge is 2.36. The molecule has 0 aliphatic carbocycles. The third-order valence-electron chi connectivity index (χ3n) is 4.91. The summed E-state index contributed by atoms with van der Waals surface area (Å²) >= 11 is 0. The van der Waals surface area contributed by atoms with Crippen molar-refractivity contribution in [1.82, 2.24) is 4.90 Å². The lowest BCUT2D eigenvalue weighted by Gasteiger charge is -2.37. The maximum atomic E-state index is 9.80. The zero-order valence-corrected chi connectivity index (χ0v) is 11.9. The van der Waals surface area contributed by atoms with Crippen LogP contribution in [0.1, 0.15) is 41.5 Å². The molecule has 2 aliphatic rings. The minimum atomic E-state index is -0.0538. The van der Waals surface area contributed by atoms with Gasteiger partial charge >= 0.3 is 0 Å². The van der Waals surface area contributed by atoms with Crippen LogP contribution in [0.15, 0.2) is 42.5 Å². The van der Waals surface area contributed by atoms with Crippen molar-refractivity contribution in [2.45, 2.75) is 24.8 Å². The SMILES string of the molecule is Oc1ccc(C2CN3CCC[C@H]3c3ccccc32)cc1O. The molecule has 3 heteroatoms. The van der Waals surface area contributed by atoms with E-state index in [1.165, 1.54) is 24.0 Å². The summed E-state index contributed by atoms with van der Waals surface area (Å²) in [6.45, 7) is 2.14. The molecule has 2 heterocycles. The third kappa shape index (κ3) is 2.00. The van der Waals surface area contributed by atoms with E-state index in [2.05, 4.69) is 29.2 Å². The molecule has 2 aromatic carbocycles. The number of hydrogen-bond donors (Lipinski definition) is 2. The quantitative estimate of drug-likeness (QED) is 0.788. The van der Waals surface area contributed by atoms with E-state index in [9.17, 15) is 10.2 Å². The van der Waals surface area contributed by atoms with E-state index in [-0.39, 0.29) is 17.4 Å². The summed E-state index contributed by atoms with van der Waals surface area (Å²) in [4.78, 5) is 2.55. The van der Waals surface area contributed by atoms with Gasteiger partial charge in [0.25, 0.3) is 0 Å². The zero-order chi connectivity index (χ0) is 14.4. The fourth-order valence-electron chi connectivity index (χ4n) is 3.90. The van der Waals surface area contributed by atoms with E-state index in [1.807, 2.05) is 6.07 Å². The molecule has 0 amide bonds.